The van der Waals surface area contributed by atoms with Crippen LogP contribution in [0.25, 0.3) is 187 Å². The van der Waals surface area contributed by atoms with Gasteiger partial charge in [-0.25, -0.2) is 9.97 Å². The number of benzene rings is 17. The van der Waals surface area contributed by atoms with Crippen LogP contribution in [-0.4, -0.2) is 9.97 Å². The van der Waals surface area contributed by atoms with E-state index >= 15 is 0 Å². The highest BCUT2D eigenvalue weighted by molar-refractivity contribution is 6.26. The normalized spacial score (nSPS) is 11.4. The lowest BCUT2D eigenvalue weighted by Gasteiger charge is -2.15. The van der Waals surface area contributed by atoms with E-state index in [0.29, 0.717) is 22.9 Å². The van der Waals surface area contributed by atoms with Crippen molar-refractivity contribution in [1.82, 2.24) is 9.97 Å². The molecule has 0 saturated heterocycles. The maximum atomic E-state index is 10.2. The van der Waals surface area contributed by atoms with Gasteiger partial charge < -0.3 is 8.83 Å². The zero-order valence-electron chi connectivity index (χ0n) is 52.8. The van der Waals surface area contributed by atoms with Gasteiger partial charge in [0.25, 0.3) is 0 Å². The summed E-state index contributed by atoms with van der Waals surface area (Å²) in [4.78, 5) is 9.34. The van der Waals surface area contributed by atoms with Crippen molar-refractivity contribution >= 4 is 97.6 Å². The summed E-state index contributed by atoms with van der Waals surface area (Å²) < 4.78 is 12.0. The molecule has 19 aromatic rings. The smallest absolute Gasteiger partial charge is 0.227 e. The van der Waals surface area contributed by atoms with Gasteiger partial charge in [0.1, 0.15) is 11.0 Å². The molecule has 0 aliphatic rings. The maximum Gasteiger partial charge on any atom is 0.227 e. The minimum atomic E-state index is 0.615. The first-order chi connectivity index (χ1) is 48.4. The van der Waals surface area contributed by atoms with Gasteiger partial charge in [0.2, 0.25) is 11.8 Å². The Balaban J connectivity index is 0.000000143. The molecule has 6 heteroatoms. The van der Waals surface area contributed by atoms with E-state index in [1.165, 1.54) is 53.9 Å². The second-order valence-electron chi connectivity index (χ2n) is 24.9. The highest BCUT2D eigenvalue weighted by Gasteiger charge is 2.19. The largest absolute Gasteiger partial charge is 0.436 e. The molecule has 6 nitrogen and oxygen atoms in total. The molecular formula is C92H54N4O2. The summed E-state index contributed by atoms with van der Waals surface area (Å²) in [6.45, 7) is 0. The summed E-state index contributed by atoms with van der Waals surface area (Å²) in [5.41, 5.74) is 19.4. The minimum absolute atomic E-state index is 0.615. The molecule has 0 atom stereocenters. The zero-order valence-corrected chi connectivity index (χ0v) is 52.8. The third-order valence-electron chi connectivity index (χ3n) is 19.2. The Kier molecular flexibility index (Phi) is 13.9. The van der Waals surface area contributed by atoms with Crippen LogP contribution in [0.5, 0.6) is 0 Å². The molecule has 0 fully saturated rings. The molecule has 454 valence electrons. The Labute approximate surface area is 564 Å². The zero-order chi connectivity index (χ0) is 65.2. The summed E-state index contributed by atoms with van der Waals surface area (Å²) in [5.74, 6) is 1.23. The van der Waals surface area contributed by atoms with E-state index < -0.39 is 0 Å². The first-order valence-corrected chi connectivity index (χ1v) is 32.8. The summed E-state index contributed by atoms with van der Waals surface area (Å²) in [6, 6.07) is 119. The van der Waals surface area contributed by atoms with E-state index in [1.807, 2.05) is 72.8 Å². The van der Waals surface area contributed by atoms with E-state index in [4.69, 9.17) is 8.83 Å². The quantitative estimate of drug-likeness (QED) is 0.141. The average molecular weight is 1250 g/mol. The van der Waals surface area contributed by atoms with Crippen LogP contribution in [0.3, 0.4) is 0 Å². The summed E-state index contributed by atoms with van der Waals surface area (Å²) >= 11 is 0. The van der Waals surface area contributed by atoms with Crippen molar-refractivity contribution in [2.24, 2.45) is 0 Å². The average Bonchev–Trinajstić information content (AvgIpc) is 0.882. The Hall–Kier alpha value is -13.5. The van der Waals surface area contributed by atoms with Crippen molar-refractivity contribution in [2.75, 3.05) is 0 Å². The summed E-state index contributed by atoms with van der Waals surface area (Å²) in [6.07, 6.45) is 0. The van der Waals surface area contributed by atoms with Crippen LogP contribution in [0, 0.1) is 22.7 Å². The van der Waals surface area contributed by atoms with Gasteiger partial charge in [-0.1, -0.05) is 231 Å². The molecule has 2 aromatic heterocycles. The number of para-hydroxylation sites is 4. The molecule has 17 aromatic carbocycles. The molecule has 0 saturated carbocycles. The van der Waals surface area contributed by atoms with Crippen LogP contribution in [0.2, 0.25) is 0 Å². The Morgan fingerprint density at radius 3 is 0.980 bits per heavy atom. The molecule has 0 N–H and O–H groups in total. The van der Waals surface area contributed by atoms with E-state index in [0.717, 1.165) is 122 Å². The SMILES string of the molecule is N#Cc1cc(-c2ccc(-c3ccc(-c4nc5ccccc5o4)cc3)c3ccccc23)cc(-c2cc3ccccc3c3ccccc23)c1.N#Cc1cc(-c2ccc3c4ccccc4c4ccccc4c3c2)cc(-c2ccc(-c3ccc(-c4nc5ccccc5o4)cc3)c3ccccc23)c1. The molecule has 0 aliphatic heterocycles. The summed E-state index contributed by atoms with van der Waals surface area (Å²) in [7, 11) is 0. The molecule has 2 heterocycles. The van der Waals surface area contributed by atoms with Gasteiger partial charge in [0.05, 0.1) is 23.3 Å². The lowest BCUT2D eigenvalue weighted by molar-refractivity contribution is 0.619. The van der Waals surface area contributed by atoms with Crippen LogP contribution >= 0.6 is 0 Å². The molecule has 0 amide bonds. The fraction of sp³-hybridized carbons (Fsp3) is 0. The number of aromatic nitrogens is 2. The number of fused-ring (bicyclic) bond motifs is 13. The van der Waals surface area contributed by atoms with Gasteiger partial charge in [-0.05, 0) is 239 Å². The lowest BCUT2D eigenvalue weighted by Crippen LogP contribution is -1.90. The Morgan fingerprint density at radius 1 is 0.214 bits per heavy atom. The molecule has 98 heavy (non-hydrogen) atoms. The summed E-state index contributed by atoms with van der Waals surface area (Å²) in [5, 5.41) is 37.2. The predicted octanol–water partition coefficient (Wildman–Crippen LogP) is 24.8. The third-order valence-corrected chi connectivity index (χ3v) is 19.2. The highest BCUT2D eigenvalue weighted by Crippen LogP contribution is 2.44. The van der Waals surface area contributed by atoms with E-state index in [-0.39, 0.29) is 0 Å². The van der Waals surface area contributed by atoms with Crippen molar-refractivity contribution in [1.29, 1.82) is 10.5 Å². The number of nitriles is 2. The van der Waals surface area contributed by atoms with Crippen LogP contribution in [0.15, 0.2) is 336 Å². The molecule has 0 radical (unpaired) electrons. The van der Waals surface area contributed by atoms with Gasteiger partial charge in [0.15, 0.2) is 11.2 Å². The number of hydrogen-bond donors (Lipinski definition) is 0. The number of nitrogens with zero attached hydrogens (tertiary/aromatic N) is 4. The van der Waals surface area contributed by atoms with Crippen molar-refractivity contribution in [3.05, 3.63) is 339 Å². The van der Waals surface area contributed by atoms with Gasteiger partial charge in [-0.3, -0.25) is 0 Å². The fourth-order valence-corrected chi connectivity index (χ4v) is 14.6. The molecule has 0 unspecified atom stereocenters. The van der Waals surface area contributed by atoms with Crippen LogP contribution in [0.4, 0.5) is 0 Å². The van der Waals surface area contributed by atoms with Crippen LogP contribution in [-0.2, 0) is 0 Å². The topological polar surface area (TPSA) is 99.6 Å². The van der Waals surface area contributed by atoms with Crippen molar-refractivity contribution in [2.45, 2.75) is 0 Å². The van der Waals surface area contributed by atoms with Gasteiger partial charge in [0, 0.05) is 11.1 Å². The van der Waals surface area contributed by atoms with E-state index in [9.17, 15) is 10.5 Å². The second-order valence-corrected chi connectivity index (χ2v) is 24.9. The van der Waals surface area contributed by atoms with E-state index in [2.05, 4.69) is 277 Å². The molecule has 0 spiro atoms. The van der Waals surface area contributed by atoms with Crippen LogP contribution < -0.4 is 0 Å². The highest BCUT2D eigenvalue weighted by atomic mass is 16.4. The van der Waals surface area contributed by atoms with Gasteiger partial charge >= 0.3 is 0 Å². The van der Waals surface area contributed by atoms with Crippen molar-refractivity contribution in [3.8, 4) is 102 Å². The number of oxazole rings is 2. The predicted molar refractivity (Wildman–Crippen MR) is 403 cm³/mol. The first-order valence-electron chi connectivity index (χ1n) is 32.8. The van der Waals surface area contributed by atoms with Gasteiger partial charge in [-0.2, -0.15) is 10.5 Å². The van der Waals surface area contributed by atoms with Gasteiger partial charge in [-0.15, -0.1) is 0 Å². The molecule has 0 aliphatic carbocycles. The molecule has 0 bridgehead atoms. The number of hydrogen-bond acceptors (Lipinski definition) is 6. The van der Waals surface area contributed by atoms with Crippen molar-refractivity contribution in [3.63, 3.8) is 0 Å². The van der Waals surface area contributed by atoms with E-state index in [1.54, 1.807) is 0 Å². The molecular weight excluding hydrogens is 1190 g/mol. The third kappa shape index (κ3) is 10.0. The molecule has 19 rings (SSSR count). The Morgan fingerprint density at radius 2 is 0.531 bits per heavy atom. The monoisotopic (exact) mass is 1250 g/mol. The minimum Gasteiger partial charge on any atom is -0.436 e. The lowest BCUT2D eigenvalue weighted by atomic mass is 9.88. The van der Waals surface area contributed by atoms with Crippen molar-refractivity contribution < 1.29 is 8.83 Å². The van der Waals surface area contributed by atoms with Crippen LogP contribution in [0.1, 0.15) is 11.1 Å². The Bertz CT molecular complexity index is 6420. The second kappa shape index (κ2) is 23.8. The fourth-order valence-electron chi connectivity index (χ4n) is 14.6. The standard InChI is InChI=1S/C48H28N2O.C44H26N2O/c49-29-30-25-34(33-21-22-44-42-13-4-3-11-40(42)41-12-5-6-14-43(41)45(44)28-33)27-35(26-30)37-24-23-36(38-9-1-2-10-39(37)38)31-17-19-32(20-18-31)48-50-46-15-7-8-16-47(46)51-48;45-27-28-23-32(25-33(24-28)41-26-31-9-1-2-10-34(31)37-11-5-6-14-40(37)41)36-22-21-35(38-12-3-4-13-39(36)38)29-17-19-30(20-18-29)44-46-42-15-7-8-16-43(42)47-44/h1-28H;1-26H. The number of rotatable bonds is 8. The first kappa shape index (κ1) is 57.2. The maximum absolute atomic E-state index is 10.2.